The van der Waals surface area contributed by atoms with Crippen LogP contribution in [0.15, 0.2) is 88.9 Å². The normalized spacial score (nSPS) is 13.3. The number of carbonyl (C=O) groups is 3. The molecule has 5 rings (SSSR count). The van der Waals surface area contributed by atoms with E-state index in [0.29, 0.717) is 16.4 Å². The third-order valence-corrected chi connectivity index (χ3v) is 6.87. The fraction of sp³-hybridized carbons (Fsp3) is 0. The number of benzene rings is 3. The van der Waals surface area contributed by atoms with E-state index in [4.69, 9.17) is 34.8 Å². The van der Waals surface area contributed by atoms with Crippen LogP contribution in [0.2, 0.25) is 10.0 Å². The van der Waals surface area contributed by atoms with Gasteiger partial charge in [0.15, 0.2) is 5.13 Å². The number of halogens is 3. The van der Waals surface area contributed by atoms with E-state index >= 15 is 0 Å². The average molecular weight is 570 g/mol. The summed E-state index contributed by atoms with van der Waals surface area (Å²) in [6.45, 7) is 0. The molecule has 37 heavy (non-hydrogen) atoms. The van der Waals surface area contributed by atoms with E-state index in [2.05, 4.69) is 15.6 Å². The van der Waals surface area contributed by atoms with E-state index in [1.807, 2.05) is 35.7 Å². The van der Waals surface area contributed by atoms with Crippen LogP contribution in [0.25, 0.3) is 11.3 Å². The third-order valence-electron chi connectivity index (χ3n) is 5.32. The Kier molecular flexibility index (Phi) is 6.99. The van der Waals surface area contributed by atoms with Crippen LogP contribution in [0.1, 0.15) is 10.4 Å². The highest BCUT2D eigenvalue weighted by Gasteiger charge is 2.39. The molecule has 4 aromatic rings. The molecule has 1 aromatic heterocycles. The van der Waals surface area contributed by atoms with Crippen LogP contribution in [0.3, 0.4) is 0 Å². The van der Waals surface area contributed by atoms with Gasteiger partial charge in [0.25, 0.3) is 17.7 Å². The van der Waals surface area contributed by atoms with Gasteiger partial charge in [0.2, 0.25) is 0 Å². The maximum Gasteiger partial charge on any atom is 0.283 e. The first-order valence-corrected chi connectivity index (χ1v) is 12.8. The molecule has 0 radical (unpaired) electrons. The van der Waals surface area contributed by atoms with E-state index in [-0.39, 0.29) is 32.4 Å². The molecule has 0 fully saturated rings. The first-order valence-electron chi connectivity index (χ1n) is 10.7. The fourth-order valence-electron chi connectivity index (χ4n) is 3.64. The monoisotopic (exact) mass is 568 g/mol. The van der Waals surface area contributed by atoms with Gasteiger partial charge in [-0.1, -0.05) is 71.2 Å². The summed E-state index contributed by atoms with van der Waals surface area (Å²) in [4.78, 5) is 44.0. The zero-order valence-electron chi connectivity index (χ0n) is 18.7. The van der Waals surface area contributed by atoms with Crippen molar-refractivity contribution < 1.29 is 14.4 Å². The Morgan fingerprint density at radius 3 is 2.32 bits per heavy atom. The highest BCUT2D eigenvalue weighted by molar-refractivity contribution is 7.14. The minimum atomic E-state index is -0.723. The smallest absolute Gasteiger partial charge is 0.283 e. The summed E-state index contributed by atoms with van der Waals surface area (Å²) >= 11 is 19.6. The molecule has 0 unspecified atom stereocenters. The van der Waals surface area contributed by atoms with Crippen molar-refractivity contribution in [3.8, 4) is 11.3 Å². The number of aromatic nitrogens is 1. The summed E-state index contributed by atoms with van der Waals surface area (Å²) in [6, 6.07) is 20.4. The van der Waals surface area contributed by atoms with Crippen LogP contribution in [0, 0.1) is 0 Å². The molecule has 3 amide bonds. The van der Waals surface area contributed by atoms with E-state index < -0.39 is 11.8 Å². The highest BCUT2D eigenvalue weighted by atomic mass is 35.5. The number of hydrogen-bond donors (Lipinski definition) is 2. The number of carbonyl (C=O) groups excluding carboxylic acids is 3. The number of nitrogens with one attached hydrogen (secondary N) is 2. The second-order valence-corrected chi connectivity index (χ2v) is 9.94. The van der Waals surface area contributed by atoms with Crippen molar-refractivity contribution in [1.29, 1.82) is 0 Å². The van der Waals surface area contributed by atoms with Gasteiger partial charge >= 0.3 is 0 Å². The van der Waals surface area contributed by atoms with Crippen LogP contribution >= 0.6 is 46.1 Å². The summed E-state index contributed by atoms with van der Waals surface area (Å²) in [5.74, 6) is -1.79. The van der Waals surface area contributed by atoms with Crippen LogP contribution in [0.5, 0.6) is 0 Å². The van der Waals surface area contributed by atoms with E-state index in [1.165, 1.54) is 35.6 Å². The molecule has 0 atom stereocenters. The molecule has 11 heteroatoms. The van der Waals surface area contributed by atoms with Crippen molar-refractivity contribution in [2.24, 2.45) is 0 Å². The highest BCUT2D eigenvalue weighted by Crippen LogP contribution is 2.33. The summed E-state index contributed by atoms with van der Waals surface area (Å²) in [5, 5.41) is 8.17. The van der Waals surface area contributed by atoms with E-state index in [9.17, 15) is 14.4 Å². The number of imide groups is 1. The lowest BCUT2D eigenvalue weighted by Crippen LogP contribution is -2.32. The minimum Gasteiger partial charge on any atom is -0.350 e. The van der Waals surface area contributed by atoms with Gasteiger partial charge in [-0.2, -0.15) is 0 Å². The predicted octanol–water partition coefficient (Wildman–Crippen LogP) is 6.80. The molecule has 1 aliphatic heterocycles. The van der Waals surface area contributed by atoms with Gasteiger partial charge in [-0.15, -0.1) is 11.3 Å². The molecule has 0 bridgehead atoms. The summed E-state index contributed by atoms with van der Waals surface area (Å²) < 4.78 is 0. The molecule has 0 saturated heterocycles. The molecule has 1 aliphatic rings. The quantitative estimate of drug-likeness (QED) is 0.249. The maximum atomic E-state index is 13.1. The Morgan fingerprint density at radius 2 is 1.59 bits per heavy atom. The molecule has 2 heterocycles. The van der Waals surface area contributed by atoms with Crippen molar-refractivity contribution in [1.82, 2.24) is 4.98 Å². The summed E-state index contributed by atoms with van der Waals surface area (Å²) in [7, 11) is 0. The van der Waals surface area contributed by atoms with Crippen molar-refractivity contribution in [2.45, 2.75) is 0 Å². The molecule has 0 spiro atoms. The van der Waals surface area contributed by atoms with Gasteiger partial charge in [-0.3, -0.25) is 19.7 Å². The molecule has 7 nitrogen and oxygen atoms in total. The van der Waals surface area contributed by atoms with Crippen molar-refractivity contribution in [2.75, 3.05) is 15.5 Å². The Balaban J connectivity index is 1.32. The Morgan fingerprint density at radius 1 is 0.865 bits per heavy atom. The first kappa shape index (κ1) is 25.0. The number of rotatable bonds is 6. The standard InChI is InChI=1S/C26H15Cl3N4O3S/c27-16-10-17(28)12-19(11-16)33-24(35)21(29)22(25(33)36)30-18-8-4-7-15(9-18)23(34)32-26-31-20(13-37-26)14-5-2-1-3-6-14/h1-13,30H,(H,31,32,34). The van der Waals surface area contributed by atoms with Gasteiger partial charge in [-0.25, -0.2) is 9.88 Å². The van der Waals surface area contributed by atoms with Gasteiger partial charge in [0.1, 0.15) is 10.7 Å². The lowest BCUT2D eigenvalue weighted by Gasteiger charge is -2.16. The Labute approximate surface area is 230 Å². The molecule has 0 saturated carbocycles. The van der Waals surface area contributed by atoms with Crippen LogP contribution in [0.4, 0.5) is 16.5 Å². The van der Waals surface area contributed by atoms with Gasteiger partial charge in [-0.05, 0) is 36.4 Å². The maximum absolute atomic E-state index is 13.1. The Hall–Kier alpha value is -3.69. The Bertz CT molecular complexity index is 1570. The van der Waals surface area contributed by atoms with Crippen molar-refractivity contribution in [3.05, 3.63) is 105 Å². The van der Waals surface area contributed by atoms with E-state index in [1.54, 1.807) is 18.2 Å². The second-order valence-electron chi connectivity index (χ2n) is 7.83. The molecular weight excluding hydrogens is 555 g/mol. The number of nitrogens with zero attached hydrogens (tertiary/aromatic N) is 2. The lowest BCUT2D eigenvalue weighted by molar-refractivity contribution is -0.120. The number of thiazole rings is 1. The van der Waals surface area contributed by atoms with Crippen LogP contribution in [-0.4, -0.2) is 22.7 Å². The van der Waals surface area contributed by atoms with Gasteiger partial charge < -0.3 is 5.32 Å². The number of anilines is 3. The van der Waals surface area contributed by atoms with Gasteiger partial charge in [0.05, 0.1) is 11.4 Å². The van der Waals surface area contributed by atoms with Crippen molar-refractivity contribution >= 4 is 80.4 Å². The van der Waals surface area contributed by atoms with E-state index in [0.717, 1.165) is 16.2 Å². The average Bonchev–Trinajstić information content (AvgIpc) is 3.42. The first-order chi connectivity index (χ1) is 17.8. The molecule has 184 valence electrons. The molecule has 0 aliphatic carbocycles. The minimum absolute atomic E-state index is 0.132. The number of amides is 3. The van der Waals surface area contributed by atoms with Crippen LogP contribution < -0.4 is 15.5 Å². The molecule has 2 N–H and O–H groups in total. The summed E-state index contributed by atoms with van der Waals surface area (Å²) in [5.41, 5.74) is 2.46. The van der Waals surface area contributed by atoms with Crippen molar-refractivity contribution in [3.63, 3.8) is 0 Å². The fourth-order valence-corrected chi connectivity index (χ4v) is 5.08. The van der Waals surface area contributed by atoms with Crippen LogP contribution in [-0.2, 0) is 9.59 Å². The summed E-state index contributed by atoms with van der Waals surface area (Å²) in [6.07, 6.45) is 0. The lowest BCUT2D eigenvalue weighted by atomic mass is 10.2. The third kappa shape index (κ3) is 5.23. The molecule has 3 aromatic carbocycles. The topological polar surface area (TPSA) is 91.4 Å². The zero-order valence-corrected chi connectivity index (χ0v) is 21.8. The zero-order chi connectivity index (χ0) is 26.1. The largest absolute Gasteiger partial charge is 0.350 e. The number of hydrogen-bond acceptors (Lipinski definition) is 6. The molecular formula is C26H15Cl3N4O3S. The SMILES string of the molecule is O=C(Nc1nc(-c2ccccc2)cs1)c1cccc(NC2=C(Cl)C(=O)N(c3cc(Cl)cc(Cl)c3)C2=O)c1. The predicted molar refractivity (Wildman–Crippen MR) is 147 cm³/mol. The van der Waals surface area contributed by atoms with Gasteiger partial charge in [0, 0.05) is 32.2 Å². The second kappa shape index (κ2) is 10.4.